The zero-order valence-corrected chi connectivity index (χ0v) is 14.7. The van der Waals surface area contributed by atoms with Crippen LogP contribution in [0, 0.1) is 0 Å². The lowest BCUT2D eigenvalue weighted by Crippen LogP contribution is -2.35. The molecule has 2 atom stereocenters. The monoisotopic (exact) mass is 355 g/mol. The zero-order valence-electron chi connectivity index (χ0n) is 13.2. The van der Waals surface area contributed by atoms with Crippen LogP contribution in [0.5, 0.6) is 5.75 Å². The molecule has 0 aromatic heterocycles. The second-order valence-electron chi connectivity index (χ2n) is 6.88. The predicted molar refractivity (Wildman–Crippen MR) is 89.6 cm³/mol. The Bertz CT molecular complexity index is 470. The minimum Gasteiger partial charge on any atom is -0.487 e. The van der Waals surface area contributed by atoms with Crippen LogP contribution in [0.25, 0.3) is 0 Å². The van der Waals surface area contributed by atoms with Gasteiger partial charge < -0.3 is 15.2 Å². The first kappa shape index (κ1) is 16.8. The normalized spacial score (nSPS) is 23.1. The van der Waals surface area contributed by atoms with E-state index in [1.165, 1.54) is 5.56 Å². The molecule has 118 valence electrons. The third kappa shape index (κ3) is 5.28. The van der Waals surface area contributed by atoms with Crippen molar-refractivity contribution in [2.75, 3.05) is 0 Å². The quantitative estimate of drug-likeness (QED) is 0.856. The maximum atomic E-state index is 10.00. The molecule has 2 N–H and O–H groups in total. The molecule has 0 radical (unpaired) electrons. The fourth-order valence-corrected chi connectivity index (χ4v) is 3.01. The molecule has 0 heterocycles. The Morgan fingerprint density at radius 3 is 2.62 bits per heavy atom. The van der Waals surface area contributed by atoms with Crippen LogP contribution in [-0.2, 0) is 6.54 Å². The molecular formula is C17H26BrNO2. The highest BCUT2D eigenvalue weighted by molar-refractivity contribution is 9.10. The lowest BCUT2D eigenvalue weighted by Gasteiger charge is -2.28. The lowest BCUT2D eigenvalue weighted by molar-refractivity contribution is 0.00648. The van der Waals surface area contributed by atoms with Gasteiger partial charge in [0.2, 0.25) is 0 Å². The van der Waals surface area contributed by atoms with Crippen molar-refractivity contribution in [1.82, 2.24) is 5.32 Å². The van der Waals surface area contributed by atoms with Crippen molar-refractivity contribution in [3.05, 3.63) is 28.2 Å². The summed E-state index contributed by atoms with van der Waals surface area (Å²) in [6, 6.07) is 6.16. The highest BCUT2D eigenvalue weighted by Gasteiger charge is 2.25. The Balaban J connectivity index is 1.98. The van der Waals surface area contributed by atoms with E-state index in [0.29, 0.717) is 0 Å². The summed E-state index contributed by atoms with van der Waals surface area (Å²) in [5.41, 5.74) is 1.32. The van der Waals surface area contributed by atoms with Gasteiger partial charge in [-0.05, 0) is 73.7 Å². The Labute approximate surface area is 136 Å². The van der Waals surface area contributed by atoms with E-state index in [9.17, 15) is 5.11 Å². The zero-order chi connectivity index (χ0) is 15.5. The molecule has 0 aliphatic heterocycles. The van der Waals surface area contributed by atoms with Crippen molar-refractivity contribution in [3.63, 3.8) is 0 Å². The van der Waals surface area contributed by atoms with E-state index in [0.717, 1.165) is 42.5 Å². The summed E-state index contributed by atoms with van der Waals surface area (Å²) in [7, 11) is 0. The molecule has 0 spiro atoms. The molecule has 2 unspecified atom stereocenters. The van der Waals surface area contributed by atoms with Gasteiger partial charge in [0.1, 0.15) is 11.9 Å². The number of aliphatic hydroxyl groups is 1. The highest BCUT2D eigenvalue weighted by Crippen LogP contribution is 2.30. The van der Waals surface area contributed by atoms with E-state index in [-0.39, 0.29) is 17.7 Å². The van der Waals surface area contributed by atoms with Crippen LogP contribution in [-0.4, -0.2) is 22.9 Å². The molecule has 1 fully saturated rings. The lowest BCUT2D eigenvalue weighted by atomic mass is 9.95. The van der Waals surface area contributed by atoms with E-state index in [1.54, 1.807) is 0 Å². The Kier molecular flexibility index (Phi) is 5.69. The number of halogens is 1. The van der Waals surface area contributed by atoms with Gasteiger partial charge in [-0.1, -0.05) is 12.5 Å². The van der Waals surface area contributed by atoms with Gasteiger partial charge in [-0.25, -0.2) is 0 Å². The summed E-state index contributed by atoms with van der Waals surface area (Å²) < 4.78 is 6.93. The van der Waals surface area contributed by atoms with E-state index in [1.807, 2.05) is 6.07 Å². The maximum absolute atomic E-state index is 10.00. The molecule has 1 aromatic rings. The minimum absolute atomic E-state index is 0.0754. The smallest absolute Gasteiger partial charge is 0.134 e. The third-order valence-electron chi connectivity index (χ3n) is 3.77. The topological polar surface area (TPSA) is 41.5 Å². The van der Waals surface area contributed by atoms with Crippen LogP contribution in [0.1, 0.15) is 52.0 Å². The van der Waals surface area contributed by atoms with Crippen LogP contribution >= 0.6 is 15.9 Å². The number of aliphatic hydroxyl groups excluding tert-OH is 1. The molecule has 4 heteroatoms. The van der Waals surface area contributed by atoms with Crippen LogP contribution in [0.3, 0.4) is 0 Å². The SMILES string of the molecule is CC(C)(C)NCc1ccc(OC2CCCCC2O)c(Br)c1. The fourth-order valence-electron chi connectivity index (χ4n) is 2.49. The molecule has 0 saturated heterocycles. The summed E-state index contributed by atoms with van der Waals surface area (Å²) in [6.45, 7) is 7.30. The summed E-state index contributed by atoms with van der Waals surface area (Å²) >= 11 is 3.58. The first-order valence-corrected chi connectivity index (χ1v) is 8.52. The standard InChI is InChI=1S/C17H26BrNO2/c1-17(2,3)19-11-12-8-9-15(13(18)10-12)21-16-7-5-4-6-14(16)20/h8-10,14,16,19-20H,4-7,11H2,1-3H3. The van der Waals surface area contributed by atoms with E-state index in [2.05, 4.69) is 54.2 Å². The van der Waals surface area contributed by atoms with Crippen molar-refractivity contribution in [2.45, 2.75) is 70.7 Å². The number of benzene rings is 1. The van der Waals surface area contributed by atoms with Crippen LogP contribution in [0.15, 0.2) is 22.7 Å². The van der Waals surface area contributed by atoms with Crippen molar-refractivity contribution in [1.29, 1.82) is 0 Å². The van der Waals surface area contributed by atoms with Crippen LogP contribution in [0.4, 0.5) is 0 Å². The maximum Gasteiger partial charge on any atom is 0.134 e. The van der Waals surface area contributed by atoms with Gasteiger partial charge >= 0.3 is 0 Å². The minimum atomic E-state index is -0.340. The summed E-state index contributed by atoms with van der Waals surface area (Å²) in [4.78, 5) is 0. The average Bonchev–Trinajstić information content (AvgIpc) is 2.41. The van der Waals surface area contributed by atoms with Gasteiger partial charge in [0.05, 0.1) is 10.6 Å². The molecular weight excluding hydrogens is 330 g/mol. The number of ether oxygens (including phenoxy) is 1. The van der Waals surface area contributed by atoms with Crippen molar-refractivity contribution in [3.8, 4) is 5.75 Å². The molecule has 0 bridgehead atoms. The van der Waals surface area contributed by atoms with Crippen LogP contribution in [0.2, 0.25) is 0 Å². The summed E-state index contributed by atoms with van der Waals surface area (Å²) in [5, 5.41) is 13.5. The second kappa shape index (κ2) is 7.12. The molecule has 2 rings (SSSR count). The largest absolute Gasteiger partial charge is 0.487 e. The number of hydrogen-bond donors (Lipinski definition) is 2. The van der Waals surface area contributed by atoms with Gasteiger partial charge in [-0.2, -0.15) is 0 Å². The number of nitrogens with one attached hydrogen (secondary N) is 1. The van der Waals surface area contributed by atoms with Gasteiger partial charge in [-0.3, -0.25) is 0 Å². The highest BCUT2D eigenvalue weighted by atomic mass is 79.9. The fraction of sp³-hybridized carbons (Fsp3) is 0.647. The van der Waals surface area contributed by atoms with Crippen molar-refractivity contribution >= 4 is 15.9 Å². The summed E-state index contributed by atoms with van der Waals surface area (Å²) in [5.74, 6) is 0.820. The molecule has 1 aromatic carbocycles. The Hall–Kier alpha value is -0.580. The first-order chi connectivity index (χ1) is 9.85. The number of hydrogen-bond acceptors (Lipinski definition) is 3. The van der Waals surface area contributed by atoms with Gasteiger partial charge in [0.15, 0.2) is 0 Å². The Morgan fingerprint density at radius 2 is 2.00 bits per heavy atom. The van der Waals surface area contributed by atoms with E-state index < -0.39 is 0 Å². The molecule has 1 aliphatic carbocycles. The van der Waals surface area contributed by atoms with Gasteiger partial charge in [0.25, 0.3) is 0 Å². The molecule has 1 saturated carbocycles. The molecule has 1 aliphatic rings. The molecule has 0 amide bonds. The van der Waals surface area contributed by atoms with Gasteiger partial charge in [-0.15, -0.1) is 0 Å². The second-order valence-corrected chi connectivity index (χ2v) is 7.73. The summed E-state index contributed by atoms with van der Waals surface area (Å²) in [6.07, 6.45) is 3.59. The van der Waals surface area contributed by atoms with E-state index in [4.69, 9.17) is 4.74 Å². The van der Waals surface area contributed by atoms with E-state index >= 15 is 0 Å². The number of rotatable bonds is 4. The van der Waals surface area contributed by atoms with Crippen LogP contribution < -0.4 is 10.1 Å². The predicted octanol–water partition coefficient (Wildman–Crippen LogP) is 4.02. The molecule has 3 nitrogen and oxygen atoms in total. The van der Waals surface area contributed by atoms with Gasteiger partial charge in [0, 0.05) is 12.1 Å². The van der Waals surface area contributed by atoms with Crippen molar-refractivity contribution in [2.24, 2.45) is 0 Å². The molecule has 21 heavy (non-hydrogen) atoms. The van der Waals surface area contributed by atoms with Crippen molar-refractivity contribution < 1.29 is 9.84 Å². The first-order valence-electron chi connectivity index (χ1n) is 7.73. The average molecular weight is 356 g/mol. The third-order valence-corrected chi connectivity index (χ3v) is 4.38. The Morgan fingerprint density at radius 1 is 1.29 bits per heavy atom.